The highest BCUT2D eigenvalue weighted by atomic mass is 19.4. The van der Waals surface area contributed by atoms with Gasteiger partial charge < -0.3 is 34.4 Å². The minimum Gasteiger partial charge on any atom is -0.475 e. The second-order valence-corrected chi connectivity index (χ2v) is 16.0. The molecule has 0 aliphatic carbocycles. The first-order valence-corrected chi connectivity index (χ1v) is 20.4. The average Bonchev–Trinajstić information content (AvgIpc) is 3.83. The zero-order valence-electron chi connectivity index (χ0n) is 33.4. The molecule has 2 aromatic carbocycles. The van der Waals surface area contributed by atoms with Crippen LogP contribution in [0.5, 0.6) is 5.88 Å². The van der Waals surface area contributed by atoms with Gasteiger partial charge in [0.1, 0.15) is 18.3 Å². The van der Waals surface area contributed by atoms with Crippen LogP contribution in [-0.4, -0.2) is 134 Å². The lowest BCUT2D eigenvalue weighted by Gasteiger charge is -2.36. The quantitative estimate of drug-likeness (QED) is 0.216. The number of aryl methyl sites for hydroxylation is 1. The van der Waals surface area contributed by atoms with Crippen molar-refractivity contribution in [2.24, 2.45) is 5.92 Å². The van der Waals surface area contributed by atoms with Gasteiger partial charge in [-0.3, -0.25) is 24.6 Å². The second-order valence-electron chi connectivity index (χ2n) is 16.0. The molecule has 1 unspecified atom stereocenters. The highest BCUT2D eigenvalue weighted by molar-refractivity contribution is 6.05. The van der Waals surface area contributed by atoms with Crippen molar-refractivity contribution in [2.45, 2.75) is 51.4 Å². The van der Waals surface area contributed by atoms with Gasteiger partial charge in [-0.25, -0.2) is 14.2 Å². The number of fused-ring (bicyclic) bond motifs is 1. The van der Waals surface area contributed by atoms with E-state index in [0.717, 1.165) is 22.4 Å². The van der Waals surface area contributed by atoms with Crippen LogP contribution < -0.4 is 25.2 Å². The number of ether oxygens (including phenoxy) is 2. The van der Waals surface area contributed by atoms with Crippen LogP contribution in [-0.2, 0) is 20.9 Å². The maximum absolute atomic E-state index is 16.0. The van der Waals surface area contributed by atoms with Crippen molar-refractivity contribution in [3.8, 4) is 17.0 Å². The summed E-state index contributed by atoms with van der Waals surface area (Å²) in [5.74, 6) is -1.92. The number of anilines is 3. The van der Waals surface area contributed by atoms with Gasteiger partial charge in [0.05, 0.1) is 25.4 Å². The number of hydrogen-bond donors (Lipinski definition) is 2. The lowest BCUT2D eigenvalue weighted by Crippen LogP contribution is -2.52. The Morgan fingerprint density at radius 2 is 1.72 bits per heavy atom. The number of imide groups is 1. The molecule has 6 heterocycles. The molecule has 3 aromatic rings. The standard InChI is InChI=1S/C42H48F4N8O6/c1-26-2-3-29(48-41(58)53-9-8-27(24-53)22-42(44,45)46)21-31(26)28-20-35(52-15-17-59-18-16-52)39(47-23-28)60-19-14-50-10-12-51(13-11-50)33-5-4-30-32(37(33)43)25-54(40(30)57)34-6-7-36(55)49-38(34)56/h2-5,20-21,23,27,34H,6-19,22,24-25H2,1H3,(H,48,58)(H,49,55,56)/t27-,34?/m0/s1. The molecule has 1 aromatic heterocycles. The fraction of sp³-hybridized carbons (Fsp3) is 0.500. The molecule has 4 saturated heterocycles. The number of likely N-dealkylation sites (tertiary alicyclic amines) is 1. The van der Waals surface area contributed by atoms with Crippen LogP contribution in [0.4, 0.5) is 39.4 Å². The molecule has 2 atom stereocenters. The topological polar surface area (TPSA) is 140 Å². The highest BCUT2D eigenvalue weighted by Gasteiger charge is 2.41. The lowest BCUT2D eigenvalue weighted by molar-refractivity contribution is -0.143. The number of alkyl halides is 3. The summed E-state index contributed by atoms with van der Waals surface area (Å²) in [7, 11) is 0. The van der Waals surface area contributed by atoms with Crippen molar-refractivity contribution in [1.82, 2.24) is 25.0 Å². The molecule has 14 nitrogen and oxygen atoms in total. The number of morpholine rings is 1. The number of carbonyl (C=O) groups is 4. The van der Waals surface area contributed by atoms with Gasteiger partial charge in [0.2, 0.25) is 17.7 Å². The number of nitrogens with zero attached hydrogens (tertiary/aromatic N) is 6. The van der Waals surface area contributed by atoms with E-state index in [2.05, 4.69) is 20.4 Å². The maximum atomic E-state index is 16.0. The Kier molecular flexibility index (Phi) is 11.9. The first kappa shape index (κ1) is 41.3. The largest absolute Gasteiger partial charge is 0.475 e. The predicted molar refractivity (Wildman–Crippen MR) is 213 cm³/mol. The highest BCUT2D eigenvalue weighted by Crippen LogP contribution is 2.37. The number of hydrogen-bond acceptors (Lipinski definition) is 10. The van der Waals surface area contributed by atoms with E-state index in [-0.39, 0.29) is 49.5 Å². The summed E-state index contributed by atoms with van der Waals surface area (Å²) in [6, 6.07) is 9.54. The summed E-state index contributed by atoms with van der Waals surface area (Å²) in [4.78, 5) is 64.2. The van der Waals surface area contributed by atoms with E-state index < -0.39 is 48.2 Å². The number of piperazine rings is 1. The number of pyridine rings is 1. The van der Waals surface area contributed by atoms with Gasteiger partial charge in [0.25, 0.3) is 5.91 Å². The summed E-state index contributed by atoms with van der Waals surface area (Å²) < 4.78 is 66.7. The molecule has 2 N–H and O–H groups in total. The van der Waals surface area contributed by atoms with Crippen molar-refractivity contribution in [2.75, 3.05) is 93.8 Å². The van der Waals surface area contributed by atoms with Gasteiger partial charge in [-0.15, -0.1) is 0 Å². The van der Waals surface area contributed by atoms with Crippen molar-refractivity contribution in [3.05, 3.63) is 65.1 Å². The molecular weight excluding hydrogens is 789 g/mol. The predicted octanol–water partition coefficient (Wildman–Crippen LogP) is 4.80. The monoisotopic (exact) mass is 836 g/mol. The van der Waals surface area contributed by atoms with Crippen molar-refractivity contribution >= 4 is 40.8 Å². The Labute approximate surface area is 344 Å². The SMILES string of the molecule is Cc1ccc(NC(=O)N2CC[C@@H](CC(F)(F)F)C2)cc1-c1cnc(OCCN2CCN(c3ccc4c(c3F)CN(C3CCC(=O)NC3=O)C4=O)CC2)c(N2CCOCC2)c1. The molecule has 18 heteroatoms. The number of halogens is 4. The van der Waals surface area contributed by atoms with Gasteiger partial charge in [-0.05, 0) is 67.1 Å². The van der Waals surface area contributed by atoms with Gasteiger partial charge in [0, 0.05) is 100 Å². The molecule has 8 rings (SSSR count). The fourth-order valence-electron chi connectivity index (χ4n) is 8.77. The Hall–Kier alpha value is -5.49. The number of nitrogens with one attached hydrogen (secondary N) is 2. The molecule has 5 aliphatic rings. The van der Waals surface area contributed by atoms with Gasteiger partial charge >= 0.3 is 12.2 Å². The first-order chi connectivity index (χ1) is 28.8. The van der Waals surface area contributed by atoms with E-state index in [4.69, 9.17) is 14.5 Å². The van der Waals surface area contributed by atoms with Crippen molar-refractivity contribution in [3.63, 3.8) is 0 Å². The van der Waals surface area contributed by atoms with Crippen LogP contribution >= 0.6 is 0 Å². The van der Waals surface area contributed by atoms with Crippen LogP contribution in [0.2, 0.25) is 0 Å². The maximum Gasteiger partial charge on any atom is 0.389 e. The molecular formula is C42H48F4N8O6. The number of benzene rings is 2. The van der Waals surface area contributed by atoms with E-state index in [9.17, 15) is 32.3 Å². The number of urea groups is 1. The van der Waals surface area contributed by atoms with Crippen LogP contribution in [0, 0.1) is 18.7 Å². The molecule has 5 aliphatic heterocycles. The lowest BCUT2D eigenvalue weighted by atomic mass is 10.0. The Balaban J connectivity index is 0.882. The smallest absolute Gasteiger partial charge is 0.389 e. The molecule has 60 heavy (non-hydrogen) atoms. The molecule has 0 saturated carbocycles. The normalized spacial score (nSPS) is 21.4. The third-order valence-corrected chi connectivity index (χ3v) is 12.1. The molecule has 4 fully saturated rings. The van der Waals surface area contributed by atoms with Crippen LogP contribution in [0.25, 0.3) is 11.1 Å². The molecule has 320 valence electrons. The molecule has 0 spiro atoms. The molecule has 0 bridgehead atoms. The number of amides is 5. The minimum atomic E-state index is -4.26. The molecule has 0 radical (unpaired) electrons. The van der Waals surface area contributed by atoms with E-state index in [1.165, 1.54) is 9.80 Å². The average molecular weight is 837 g/mol. The van der Waals surface area contributed by atoms with E-state index in [0.29, 0.717) is 89.3 Å². The number of carbonyl (C=O) groups excluding carboxylic acids is 4. The Morgan fingerprint density at radius 1 is 0.950 bits per heavy atom. The first-order valence-electron chi connectivity index (χ1n) is 20.4. The van der Waals surface area contributed by atoms with Gasteiger partial charge in [0.15, 0.2) is 5.82 Å². The summed E-state index contributed by atoms with van der Waals surface area (Å²) >= 11 is 0. The fourth-order valence-corrected chi connectivity index (χ4v) is 8.77. The minimum absolute atomic E-state index is 0.0262. The van der Waals surface area contributed by atoms with Crippen molar-refractivity contribution in [1.29, 1.82) is 0 Å². The summed E-state index contributed by atoms with van der Waals surface area (Å²) in [5, 5.41) is 5.14. The number of piperidine rings is 1. The second kappa shape index (κ2) is 17.2. The Bertz CT molecular complexity index is 2140. The zero-order valence-corrected chi connectivity index (χ0v) is 33.4. The van der Waals surface area contributed by atoms with E-state index in [1.54, 1.807) is 24.4 Å². The van der Waals surface area contributed by atoms with Crippen LogP contribution in [0.3, 0.4) is 0 Å². The Morgan fingerprint density at radius 3 is 2.47 bits per heavy atom. The van der Waals surface area contributed by atoms with Gasteiger partial charge in [-0.1, -0.05) is 6.07 Å². The van der Waals surface area contributed by atoms with Gasteiger partial charge in [-0.2, -0.15) is 13.2 Å². The van der Waals surface area contributed by atoms with E-state index in [1.807, 2.05) is 30.0 Å². The third-order valence-electron chi connectivity index (χ3n) is 12.1. The van der Waals surface area contributed by atoms with Crippen molar-refractivity contribution < 1.29 is 46.2 Å². The number of aromatic nitrogens is 1. The summed E-state index contributed by atoms with van der Waals surface area (Å²) in [5.41, 5.74) is 4.86. The summed E-state index contributed by atoms with van der Waals surface area (Å²) in [6.07, 6.45) is -2.78. The zero-order chi connectivity index (χ0) is 42.1. The molecule has 5 amide bonds. The third kappa shape index (κ3) is 8.99. The van der Waals surface area contributed by atoms with E-state index >= 15 is 4.39 Å². The van der Waals surface area contributed by atoms with Crippen LogP contribution in [0.15, 0.2) is 42.6 Å². The summed E-state index contributed by atoms with van der Waals surface area (Å²) in [6.45, 7) is 8.04. The number of rotatable bonds is 10. The van der Waals surface area contributed by atoms with Crippen LogP contribution in [0.1, 0.15) is 47.2 Å².